The highest BCUT2D eigenvalue weighted by Crippen LogP contribution is 2.35. The number of halogens is 1. The van der Waals surface area contributed by atoms with Gasteiger partial charge in [0.1, 0.15) is 23.3 Å². The van der Waals surface area contributed by atoms with Gasteiger partial charge in [-0.25, -0.2) is 24.3 Å². The number of pyridine rings is 1. The third kappa shape index (κ3) is 4.51. The average molecular weight is 538 g/mol. The molecule has 0 bridgehead atoms. The number of hydrogen-bond acceptors (Lipinski definition) is 7. The van der Waals surface area contributed by atoms with E-state index >= 15 is 4.39 Å². The number of benzene rings is 2. The zero-order valence-corrected chi connectivity index (χ0v) is 22.4. The van der Waals surface area contributed by atoms with Gasteiger partial charge >= 0.3 is 0 Å². The summed E-state index contributed by atoms with van der Waals surface area (Å²) in [4.78, 5) is 31.9. The second kappa shape index (κ2) is 10.0. The average Bonchev–Trinajstić information content (AvgIpc) is 3.54. The Hall–Kier alpha value is -4.86. The molecule has 40 heavy (non-hydrogen) atoms. The molecule has 0 spiro atoms. The minimum atomic E-state index is -0.456. The molecule has 0 saturated carbocycles. The summed E-state index contributed by atoms with van der Waals surface area (Å²) in [5.41, 5.74) is 4.37. The minimum Gasteiger partial charge on any atom is -0.457 e. The molecule has 202 valence electrons. The van der Waals surface area contributed by atoms with Gasteiger partial charge in [0, 0.05) is 42.9 Å². The molecule has 1 aliphatic heterocycles. The second-order valence-corrected chi connectivity index (χ2v) is 10.1. The van der Waals surface area contributed by atoms with E-state index in [2.05, 4.69) is 26.8 Å². The number of likely N-dealkylation sites (tertiary alicyclic amines) is 1. The lowest BCUT2D eigenvalue weighted by molar-refractivity contribution is -0.126. The largest absolute Gasteiger partial charge is 0.457 e. The van der Waals surface area contributed by atoms with Crippen molar-refractivity contribution in [3.63, 3.8) is 0 Å². The molecule has 0 unspecified atom stereocenters. The maximum atomic E-state index is 15.6. The van der Waals surface area contributed by atoms with Crippen molar-refractivity contribution in [2.24, 2.45) is 7.05 Å². The molecule has 0 aliphatic carbocycles. The van der Waals surface area contributed by atoms with Crippen LogP contribution in [0.15, 0.2) is 67.8 Å². The molecule has 1 amide bonds. The van der Waals surface area contributed by atoms with Gasteiger partial charge in [0.25, 0.3) is 0 Å². The number of ether oxygens (including phenoxy) is 1. The van der Waals surface area contributed by atoms with E-state index in [9.17, 15) is 4.79 Å². The lowest BCUT2D eigenvalue weighted by atomic mass is 10.0. The molecular weight excluding hydrogens is 509 g/mol. The number of anilines is 2. The highest BCUT2D eigenvalue weighted by molar-refractivity contribution is 5.88. The summed E-state index contributed by atoms with van der Waals surface area (Å²) in [6.45, 7) is 7.86. The Balaban J connectivity index is 1.27. The highest BCUT2D eigenvalue weighted by atomic mass is 19.1. The Morgan fingerprint density at radius 2 is 2.00 bits per heavy atom. The van der Waals surface area contributed by atoms with Gasteiger partial charge in [0.05, 0.1) is 28.6 Å². The number of carbonyl (C=O) groups excluding carboxylic acids is 1. The van der Waals surface area contributed by atoms with Crippen LogP contribution in [-0.4, -0.2) is 47.9 Å². The molecule has 1 aliphatic rings. The van der Waals surface area contributed by atoms with E-state index in [4.69, 9.17) is 9.72 Å². The lowest BCUT2D eigenvalue weighted by Gasteiger charge is -2.19. The van der Waals surface area contributed by atoms with E-state index in [1.54, 1.807) is 30.3 Å². The van der Waals surface area contributed by atoms with Crippen LogP contribution in [0.4, 0.5) is 15.9 Å². The number of aromatic nitrogens is 5. The predicted octanol–water partition coefficient (Wildman–Crippen LogP) is 5.79. The van der Waals surface area contributed by atoms with E-state index in [1.165, 1.54) is 12.4 Å². The molecule has 1 fully saturated rings. The molecule has 3 aromatic heterocycles. The van der Waals surface area contributed by atoms with Crippen molar-refractivity contribution < 1.29 is 13.9 Å². The lowest BCUT2D eigenvalue weighted by Crippen LogP contribution is -2.32. The van der Waals surface area contributed by atoms with Crippen LogP contribution in [0.5, 0.6) is 11.5 Å². The van der Waals surface area contributed by atoms with Crippen molar-refractivity contribution in [2.75, 3.05) is 11.9 Å². The first-order valence-corrected chi connectivity index (χ1v) is 13.0. The summed E-state index contributed by atoms with van der Waals surface area (Å²) >= 11 is 0. The second-order valence-electron chi connectivity index (χ2n) is 10.1. The zero-order chi connectivity index (χ0) is 28.0. The molecule has 0 radical (unpaired) electrons. The Kier molecular flexibility index (Phi) is 6.37. The topological polar surface area (TPSA) is 98.1 Å². The fraction of sp³-hybridized carbons (Fsp3) is 0.233. The van der Waals surface area contributed by atoms with E-state index < -0.39 is 5.82 Å². The SMILES string of the molecule is C=CC(=O)N1C[C@H](c2ccc3ncnc(Nc4ccc(Oc5ccc6c(c5)ncn6C)c(C)c4F)c3n2)C[C@H]1C. The van der Waals surface area contributed by atoms with Gasteiger partial charge in [0.2, 0.25) is 5.91 Å². The Morgan fingerprint density at radius 1 is 1.15 bits per heavy atom. The third-order valence-electron chi connectivity index (χ3n) is 7.47. The fourth-order valence-electron chi connectivity index (χ4n) is 5.25. The first-order chi connectivity index (χ1) is 19.3. The highest BCUT2D eigenvalue weighted by Gasteiger charge is 2.33. The Morgan fingerprint density at radius 3 is 2.83 bits per heavy atom. The number of rotatable bonds is 6. The molecule has 5 aromatic rings. The van der Waals surface area contributed by atoms with Crippen molar-refractivity contribution >= 4 is 39.5 Å². The number of nitrogens with one attached hydrogen (secondary N) is 1. The van der Waals surface area contributed by atoms with Crippen LogP contribution in [0.25, 0.3) is 22.1 Å². The number of fused-ring (bicyclic) bond motifs is 2. The number of imidazole rings is 1. The van der Waals surface area contributed by atoms with E-state index in [1.807, 2.05) is 48.9 Å². The van der Waals surface area contributed by atoms with Crippen LogP contribution in [0.1, 0.15) is 30.5 Å². The van der Waals surface area contributed by atoms with E-state index in [0.29, 0.717) is 40.5 Å². The van der Waals surface area contributed by atoms with Gasteiger partial charge < -0.3 is 19.5 Å². The van der Waals surface area contributed by atoms with E-state index in [0.717, 1.165) is 23.1 Å². The van der Waals surface area contributed by atoms with Crippen molar-refractivity contribution in [1.82, 2.24) is 29.4 Å². The first-order valence-electron chi connectivity index (χ1n) is 13.0. The van der Waals surface area contributed by atoms with Gasteiger partial charge in [-0.05, 0) is 62.7 Å². The van der Waals surface area contributed by atoms with E-state index in [-0.39, 0.29) is 23.6 Å². The molecular formula is C30H28FN7O2. The molecule has 6 rings (SSSR count). The minimum absolute atomic E-state index is 0.0667. The normalized spacial score (nSPS) is 16.9. The van der Waals surface area contributed by atoms with Gasteiger partial charge in [-0.3, -0.25) is 4.79 Å². The van der Waals surface area contributed by atoms with Crippen molar-refractivity contribution in [3.8, 4) is 11.5 Å². The smallest absolute Gasteiger partial charge is 0.246 e. The number of amides is 1. The van der Waals surface area contributed by atoms with Crippen LogP contribution in [0, 0.1) is 12.7 Å². The molecule has 1 saturated heterocycles. The molecule has 4 heterocycles. The molecule has 2 aromatic carbocycles. The Bertz CT molecular complexity index is 1780. The zero-order valence-electron chi connectivity index (χ0n) is 22.4. The summed E-state index contributed by atoms with van der Waals surface area (Å²) in [6, 6.07) is 12.8. The Labute approximate surface area is 230 Å². The number of nitrogens with zero attached hydrogens (tertiary/aromatic N) is 6. The van der Waals surface area contributed by atoms with Gasteiger partial charge in [-0.2, -0.15) is 0 Å². The summed E-state index contributed by atoms with van der Waals surface area (Å²) in [5, 5.41) is 3.10. The molecule has 10 heteroatoms. The predicted molar refractivity (Wildman–Crippen MR) is 151 cm³/mol. The maximum absolute atomic E-state index is 15.6. The summed E-state index contributed by atoms with van der Waals surface area (Å²) < 4.78 is 23.5. The van der Waals surface area contributed by atoms with Crippen LogP contribution in [0.3, 0.4) is 0 Å². The van der Waals surface area contributed by atoms with Crippen molar-refractivity contribution in [3.05, 3.63) is 84.8 Å². The van der Waals surface area contributed by atoms with Crippen LogP contribution in [0.2, 0.25) is 0 Å². The van der Waals surface area contributed by atoms with Gasteiger partial charge in [0.15, 0.2) is 11.6 Å². The quantitative estimate of drug-likeness (QED) is 0.274. The number of carbonyl (C=O) groups is 1. The van der Waals surface area contributed by atoms with Crippen molar-refractivity contribution in [2.45, 2.75) is 32.2 Å². The molecule has 2 atom stereocenters. The van der Waals surface area contributed by atoms with Gasteiger partial charge in [-0.1, -0.05) is 6.58 Å². The standard InChI is InChI=1S/C30H28FN7O2/c1-5-27(39)38-14-19(12-17(38)2)21-7-8-23-29(35-21)30(33-15-32-23)36-22-9-11-26(18(3)28(22)31)40-20-6-10-25-24(13-20)34-16-37(25)4/h5-11,13,15-17,19H,1,12,14H2,2-4H3,(H,32,33,36)/t17-,19-/m1/s1. The fourth-order valence-corrected chi connectivity index (χ4v) is 5.25. The summed E-state index contributed by atoms with van der Waals surface area (Å²) in [6.07, 6.45) is 5.29. The van der Waals surface area contributed by atoms with Gasteiger partial charge in [-0.15, -0.1) is 0 Å². The van der Waals surface area contributed by atoms with Crippen LogP contribution in [-0.2, 0) is 11.8 Å². The molecule has 1 N–H and O–H groups in total. The number of hydrogen-bond donors (Lipinski definition) is 1. The van der Waals surface area contributed by atoms with Crippen LogP contribution >= 0.6 is 0 Å². The summed E-state index contributed by atoms with van der Waals surface area (Å²) in [7, 11) is 1.92. The molecule has 9 nitrogen and oxygen atoms in total. The first kappa shape index (κ1) is 25.4. The maximum Gasteiger partial charge on any atom is 0.246 e. The van der Waals surface area contributed by atoms with Crippen molar-refractivity contribution in [1.29, 1.82) is 0 Å². The third-order valence-corrected chi connectivity index (χ3v) is 7.47. The monoisotopic (exact) mass is 537 g/mol. The summed E-state index contributed by atoms with van der Waals surface area (Å²) in [5.74, 6) is 0.893. The number of aryl methyl sites for hydroxylation is 1. The van der Waals surface area contributed by atoms with Crippen LogP contribution < -0.4 is 10.1 Å².